The predicted molar refractivity (Wildman–Crippen MR) is 85.0 cm³/mol. The Labute approximate surface area is 123 Å². The molecule has 6 nitrogen and oxygen atoms in total. The van der Waals surface area contributed by atoms with E-state index in [1.807, 2.05) is 6.07 Å². The van der Waals surface area contributed by atoms with Gasteiger partial charge >= 0.3 is 0 Å². The van der Waals surface area contributed by atoms with Crippen LogP contribution in [-0.2, 0) is 0 Å². The van der Waals surface area contributed by atoms with Crippen molar-refractivity contribution in [3.63, 3.8) is 0 Å². The number of hydrogen-bond donors (Lipinski definition) is 3. The van der Waals surface area contributed by atoms with Crippen LogP contribution in [0.15, 0.2) is 23.3 Å². The third kappa shape index (κ3) is 2.58. The van der Waals surface area contributed by atoms with Crippen LogP contribution in [0.2, 0.25) is 0 Å². The van der Waals surface area contributed by atoms with E-state index in [0.29, 0.717) is 28.7 Å². The van der Waals surface area contributed by atoms with Crippen LogP contribution in [0.4, 0.5) is 11.4 Å². The Bertz CT molecular complexity index is 701. The molecule has 0 saturated carbocycles. The molecule has 1 aromatic carbocycles. The minimum absolute atomic E-state index is 0.169. The van der Waals surface area contributed by atoms with Gasteiger partial charge in [-0.15, -0.1) is 0 Å². The summed E-state index contributed by atoms with van der Waals surface area (Å²) in [5.74, 6) is 0. The number of H-pyrrole nitrogens is 1. The molecule has 4 N–H and O–H groups in total. The first-order valence-electron chi connectivity index (χ1n) is 7.38. The van der Waals surface area contributed by atoms with Gasteiger partial charge in [0.2, 0.25) is 0 Å². The molecule has 0 spiro atoms. The van der Waals surface area contributed by atoms with Crippen LogP contribution in [0.5, 0.6) is 0 Å². The van der Waals surface area contributed by atoms with Gasteiger partial charge in [0.1, 0.15) is 0 Å². The Morgan fingerprint density at radius 1 is 1.33 bits per heavy atom. The number of nitrogens with two attached hydrogens (primary N) is 1. The van der Waals surface area contributed by atoms with Crippen molar-refractivity contribution in [2.24, 2.45) is 0 Å². The number of aromatic nitrogens is 2. The molecule has 6 heteroatoms. The van der Waals surface area contributed by atoms with E-state index >= 15 is 0 Å². The number of rotatable bonds is 2. The Morgan fingerprint density at radius 3 is 2.76 bits per heavy atom. The lowest BCUT2D eigenvalue weighted by molar-refractivity contribution is 0.136. The van der Waals surface area contributed by atoms with E-state index in [-0.39, 0.29) is 5.56 Å². The highest BCUT2D eigenvalue weighted by Crippen LogP contribution is 2.28. The molecule has 2 atom stereocenters. The molecule has 3 rings (SSSR count). The van der Waals surface area contributed by atoms with E-state index in [0.717, 1.165) is 5.69 Å². The number of hydrazine groups is 1. The number of hydrogen-bond acceptors (Lipinski definition) is 5. The number of benzene rings is 1. The van der Waals surface area contributed by atoms with Crippen molar-refractivity contribution in [2.75, 3.05) is 11.2 Å². The number of nitrogens with one attached hydrogen (secondary N) is 2. The summed E-state index contributed by atoms with van der Waals surface area (Å²) in [5.41, 5.74) is 11.4. The standard InChI is InChI=1S/C15H21N5O/c1-9-4-3-5-10(2)20(9)19-14-7-13-11(6-12(14)16)15(21)18-8-17-13/h6-10,19H,3-5,16H2,1-2H3,(H,17,18,21). The maximum atomic E-state index is 11.8. The fourth-order valence-corrected chi connectivity index (χ4v) is 3.01. The van der Waals surface area contributed by atoms with Crippen molar-refractivity contribution in [1.29, 1.82) is 0 Å². The van der Waals surface area contributed by atoms with E-state index in [2.05, 4.69) is 34.3 Å². The Balaban J connectivity index is 1.97. The maximum Gasteiger partial charge on any atom is 0.258 e. The molecule has 112 valence electrons. The Morgan fingerprint density at radius 2 is 2.05 bits per heavy atom. The molecule has 0 radical (unpaired) electrons. The lowest BCUT2D eigenvalue weighted by Gasteiger charge is -2.39. The summed E-state index contributed by atoms with van der Waals surface area (Å²) in [6.07, 6.45) is 5.01. The summed E-state index contributed by atoms with van der Waals surface area (Å²) in [4.78, 5) is 18.5. The average Bonchev–Trinajstić information content (AvgIpc) is 2.45. The number of anilines is 2. The molecular weight excluding hydrogens is 266 g/mol. The van der Waals surface area contributed by atoms with E-state index in [1.165, 1.54) is 25.6 Å². The third-order valence-electron chi connectivity index (χ3n) is 4.25. The van der Waals surface area contributed by atoms with E-state index < -0.39 is 0 Å². The van der Waals surface area contributed by atoms with Gasteiger partial charge in [0.15, 0.2) is 0 Å². The summed E-state index contributed by atoms with van der Waals surface area (Å²) >= 11 is 0. The van der Waals surface area contributed by atoms with Crippen molar-refractivity contribution in [2.45, 2.75) is 45.2 Å². The van der Waals surface area contributed by atoms with Crippen molar-refractivity contribution in [1.82, 2.24) is 15.0 Å². The first-order chi connectivity index (χ1) is 10.1. The summed E-state index contributed by atoms with van der Waals surface area (Å²) < 4.78 is 0. The predicted octanol–water partition coefficient (Wildman–Crippen LogP) is 2.10. The first kappa shape index (κ1) is 13.9. The monoisotopic (exact) mass is 287 g/mol. The smallest absolute Gasteiger partial charge is 0.258 e. The summed E-state index contributed by atoms with van der Waals surface area (Å²) in [6, 6.07) is 4.43. The molecule has 0 amide bonds. The fourth-order valence-electron chi connectivity index (χ4n) is 3.01. The highest BCUT2D eigenvalue weighted by molar-refractivity contribution is 5.87. The van der Waals surface area contributed by atoms with E-state index in [1.54, 1.807) is 6.07 Å². The Kier molecular flexibility index (Phi) is 3.55. The van der Waals surface area contributed by atoms with Gasteiger partial charge in [-0.3, -0.25) is 4.79 Å². The first-order valence-corrected chi connectivity index (χ1v) is 7.38. The van der Waals surface area contributed by atoms with Gasteiger partial charge in [-0.05, 0) is 38.8 Å². The number of piperidine rings is 1. The fraction of sp³-hybridized carbons (Fsp3) is 0.467. The molecule has 2 heterocycles. The largest absolute Gasteiger partial charge is 0.397 e. The molecular formula is C15H21N5O. The second-order valence-corrected chi connectivity index (χ2v) is 5.84. The number of nitrogens with zero attached hydrogens (tertiary/aromatic N) is 2. The van der Waals surface area contributed by atoms with Crippen LogP contribution in [0.1, 0.15) is 33.1 Å². The highest BCUT2D eigenvalue weighted by atomic mass is 16.1. The molecule has 1 aromatic heterocycles. The summed E-state index contributed by atoms with van der Waals surface area (Å²) in [5, 5.41) is 2.76. The van der Waals surface area contributed by atoms with Crippen LogP contribution < -0.4 is 16.7 Å². The quantitative estimate of drug-likeness (QED) is 0.736. The van der Waals surface area contributed by atoms with Crippen LogP contribution >= 0.6 is 0 Å². The van der Waals surface area contributed by atoms with Gasteiger partial charge in [0, 0.05) is 12.1 Å². The zero-order valence-corrected chi connectivity index (χ0v) is 12.4. The molecule has 1 saturated heterocycles. The normalized spacial score (nSPS) is 23.3. The minimum atomic E-state index is -0.169. The van der Waals surface area contributed by atoms with Crippen LogP contribution in [0.25, 0.3) is 10.9 Å². The topological polar surface area (TPSA) is 87.0 Å². The zero-order chi connectivity index (χ0) is 15.0. The number of aromatic amines is 1. The van der Waals surface area contributed by atoms with Crippen molar-refractivity contribution >= 4 is 22.3 Å². The molecule has 0 aliphatic carbocycles. The SMILES string of the molecule is CC1CCCC(C)N1Nc1cc2nc[nH]c(=O)c2cc1N. The molecule has 2 aromatic rings. The lowest BCUT2D eigenvalue weighted by atomic mass is 10.00. The van der Waals surface area contributed by atoms with Gasteiger partial charge in [0.25, 0.3) is 5.56 Å². The second-order valence-electron chi connectivity index (χ2n) is 5.84. The second kappa shape index (κ2) is 5.37. The summed E-state index contributed by atoms with van der Waals surface area (Å²) in [6.45, 7) is 4.42. The molecule has 1 fully saturated rings. The van der Waals surface area contributed by atoms with Crippen LogP contribution in [-0.4, -0.2) is 27.1 Å². The van der Waals surface area contributed by atoms with E-state index in [4.69, 9.17) is 5.73 Å². The molecule has 1 aliphatic heterocycles. The van der Waals surface area contributed by atoms with Gasteiger partial charge < -0.3 is 16.1 Å². The van der Waals surface area contributed by atoms with Gasteiger partial charge in [-0.1, -0.05) is 6.42 Å². The lowest BCUT2D eigenvalue weighted by Crippen LogP contribution is -2.47. The van der Waals surface area contributed by atoms with Crippen LogP contribution in [0.3, 0.4) is 0 Å². The van der Waals surface area contributed by atoms with Gasteiger partial charge in [-0.2, -0.15) is 0 Å². The molecule has 2 unspecified atom stereocenters. The zero-order valence-electron chi connectivity index (χ0n) is 12.4. The van der Waals surface area contributed by atoms with Crippen molar-refractivity contribution < 1.29 is 0 Å². The number of nitrogen functional groups attached to an aromatic ring is 1. The Hall–Kier alpha value is -2.08. The minimum Gasteiger partial charge on any atom is -0.397 e. The molecule has 21 heavy (non-hydrogen) atoms. The van der Waals surface area contributed by atoms with Gasteiger partial charge in [0.05, 0.1) is 28.6 Å². The molecule has 1 aliphatic rings. The third-order valence-corrected chi connectivity index (χ3v) is 4.25. The number of fused-ring (bicyclic) bond motifs is 1. The van der Waals surface area contributed by atoms with Gasteiger partial charge in [-0.25, -0.2) is 9.99 Å². The highest BCUT2D eigenvalue weighted by Gasteiger charge is 2.25. The van der Waals surface area contributed by atoms with E-state index in [9.17, 15) is 4.79 Å². The maximum absolute atomic E-state index is 11.8. The summed E-state index contributed by atoms with van der Waals surface area (Å²) in [7, 11) is 0. The van der Waals surface area contributed by atoms with Crippen molar-refractivity contribution in [3.8, 4) is 0 Å². The average molecular weight is 287 g/mol. The van der Waals surface area contributed by atoms with Crippen LogP contribution in [0, 0.1) is 0 Å². The van der Waals surface area contributed by atoms with Crippen molar-refractivity contribution in [3.05, 3.63) is 28.8 Å². The molecule has 0 bridgehead atoms.